The van der Waals surface area contributed by atoms with Gasteiger partial charge in [0.25, 0.3) is 0 Å². The van der Waals surface area contributed by atoms with E-state index in [0.29, 0.717) is 17.8 Å². The molecule has 1 aromatic heterocycles. The standard InChI is InChI=1S/C15H15F3N2/c16-15(17,18)13-7-9-20-14(10-13)12-5-3-11(4-6-12)2-1-8-19/h3-7,9-10H,1-2,8,19H2. The first-order valence-corrected chi connectivity index (χ1v) is 6.33. The lowest BCUT2D eigenvalue weighted by molar-refractivity contribution is -0.137. The van der Waals surface area contributed by atoms with Crippen molar-refractivity contribution >= 4 is 0 Å². The van der Waals surface area contributed by atoms with Crippen LogP contribution in [0.5, 0.6) is 0 Å². The molecule has 0 aliphatic carbocycles. The van der Waals surface area contributed by atoms with Crippen LogP contribution >= 0.6 is 0 Å². The van der Waals surface area contributed by atoms with E-state index in [9.17, 15) is 13.2 Å². The molecular formula is C15H15F3N2. The summed E-state index contributed by atoms with van der Waals surface area (Å²) < 4.78 is 37.9. The number of nitrogens with zero attached hydrogens (tertiary/aromatic N) is 1. The fourth-order valence-electron chi connectivity index (χ4n) is 1.91. The van der Waals surface area contributed by atoms with Crippen LogP contribution in [0.25, 0.3) is 11.3 Å². The van der Waals surface area contributed by atoms with E-state index in [2.05, 4.69) is 4.98 Å². The van der Waals surface area contributed by atoms with E-state index < -0.39 is 11.7 Å². The first-order valence-electron chi connectivity index (χ1n) is 6.33. The quantitative estimate of drug-likeness (QED) is 0.928. The lowest BCUT2D eigenvalue weighted by atomic mass is 10.0. The summed E-state index contributed by atoms with van der Waals surface area (Å²) in [7, 11) is 0. The zero-order valence-electron chi connectivity index (χ0n) is 10.8. The topological polar surface area (TPSA) is 38.9 Å². The van der Waals surface area contributed by atoms with Gasteiger partial charge < -0.3 is 5.73 Å². The Morgan fingerprint density at radius 2 is 1.75 bits per heavy atom. The highest BCUT2D eigenvalue weighted by molar-refractivity contribution is 5.60. The molecular weight excluding hydrogens is 265 g/mol. The molecule has 106 valence electrons. The molecule has 5 heteroatoms. The van der Waals surface area contributed by atoms with E-state index in [4.69, 9.17) is 5.73 Å². The number of benzene rings is 1. The van der Waals surface area contributed by atoms with E-state index >= 15 is 0 Å². The lowest BCUT2D eigenvalue weighted by Gasteiger charge is -2.08. The summed E-state index contributed by atoms with van der Waals surface area (Å²) in [6.45, 7) is 0.622. The van der Waals surface area contributed by atoms with Gasteiger partial charge in [-0.25, -0.2) is 0 Å². The Bertz CT molecular complexity index is 562. The van der Waals surface area contributed by atoms with Crippen molar-refractivity contribution in [1.29, 1.82) is 0 Å². The summed E-state index contributed by atoms with van der Waals surface area (Å²) in [6.07, 6.45) is -1.41. The molecule has 1 aromatic carbocycles. The number of aryl methyl sites for hydroxylation is 1. The van der Waals surface area contributed by atoms with E-state index in [1.807, 2.05) is 12.1 Å². The summed E-state index contributed by atoms with van der Waals surface area (Å²) >= 11 is 0. The monoisotopic (exact) mass is 280 g/mol. The fraction of sp³-hybridized carbons (Fsp3) is 0.267. The van der Waals surface area contributed by atoms with E-state index in [0.717, 1.165) is 30.5 Å². The minimum Gasteiger partial charge on any atom is -0.330 e. The molecule has 0 unspecified atom stereocenters. The molecule has 2 nitrogen and oxygen atoms in total. The molecule has 0 aliphatic heterocycles. The van der Waals surface area contributed by atoms with Crippen LogP contribution in [0.2, 0.25) is 0 Å². The van der Waals surface area contributed by atoms with Gasteiger partial charge in [0.1, 0.15) is 0 Å². The van der Waals surface area contributed by atoms with Crippen LogP contribution in [0, 0.1) is 0 Å². The largest absolute Gasteiger partial charge is 0.416 e. The van der Waals surface area contributed by atoms with Crippen LogP contribution < -0.4 is 5.73 Å². The van der Waals surface area contributed by atoms with Crippen molar-refractivity contribution in [2.75, 3.05) is 6.54 Å². The molecule has 0 saturated carbocycles. The Labute approximate surface area is 115 Å². The second-order valence-corrected chi connectivity index (χ2v) is 4.52. The van der Waals surface area contributed by atoms with Gasteiger partial charge in [-0.1, -0.05) is 24.3 Å². The van der Waals surface area contributed by atoms with Crippen molar-refractivity contribution in [3.05, 3.63) is 53.7 Å². The molecule has 0 amide bonds. The molecule has 0 fully saturated rings. The molecule has 0 atom stereocenters. The molecule has 0 spiro atoms. The van der Waals surface area contributed by atoms with Gasteiger partial charge in [0, 0.05) is 11.8 Å². The maximum Gasteiger partial charge on any atom is 0.416 e. The first-order chi connectivity index (χ1) is 9.50. The molecule has 2 aromatic rings. The Morgan fingerprint density at radius 1 is 1.05 bits per heavy atom. The number of rotatable bonds is 4. The third kappa shape index (κ3) is 3.57. The SMILES string of the molecule is NCCCc1ccc(-c2cc(C(F)(F)F)ccn2)cc1. The van der Waals surface area contributed by atoms with Crippen molar-refractivity contribution in [3.8, 4) is 11.3 Å². The van der Waals surface area contributed by atoms with Gasteiger partial charge >= 0.3 is 6.18 Å². The third-order valence-electron chi connectivity index (χ3n) is 3.01. The van der Waals surface area contributed by atoms with E-state index in [1.54, 1.807) is 12.1 Å². The van der Waals surface area contributed by atoms with Gasteiger partial charge in [0.15, 0.2) is 0 Å². The van der Waals surface area contributed by atoms with Crippen LogP contribution in [-0.4, -0.2) is 11.5 Å². The van der Waals surface area contributed by atoms with Gasteiger partial charge in [0.05, 0.1) is 11.3 Å². The third-order valence-corrected chi connectivity index (χ3v) is 3.01. The second-order valence-electron chi connectivity index (χ2n) is 4.52. The number of halogens is 3. The average Bonchev–Trinajstić information content (AvgIpc) is 2.45. The van der Waals surface area contributed by atoms with Gasteiger partial charge in [-0.2, -0.15) is 13.2 Å². The van der Waals surface area contributed by atoms with Gasteiger partial charge in [0.2, 0.25) is 0 Å². The van der Waals surface area contributed by atoms with Gasteiger partial charge in [-0.05, 0) is 37.1 Å². The van der Waals surface area contributed by atoms with Crippen molar-refractivity contribution < 1.29 is 13.2 Å². The zero-order valence-corrected chi connectivity index (χ0v) is 10.8. The van der Waals surface area contributed by atoms with Crippen LogP contribution in [0.3, 0.4) is 0 Å². The molecule has 2 rings (SSSR count). The lowest BCUT2D eigenvalue weighted by Crippen LogP contribution is -2.05. The highest BCUT2D eigenvalue weighted by atomic mass is 19.4. The van der Waals surface area contributed by atoms with Crippen LogP contribution in [0.15, 0.2) is 42.6 Å². The molecule has 0 bridgehead atoms. The maximum absolute atomic E-state index is 12.6. The molecule has 0 radical (unpaired) electrons. The summed E-state index contributed by atoms with van der Waals surface area (Å²) in [5, 5.41) is 0. The Morgan fingerprint density at radius 3 is 2.35 bits per heavy atom. The highest BCUT2D eigenvalue weighted by Crippen LogP contribution is 2.31. The number of hydrogen-bond donors (Lipinski definition) is 1. The van der Waals surface area contributed by atoms with Crippen LogP contribution in [0.1, 0.15) is 17.5 Å². The number of pyridine rings is 1. The predicted octanol–water partition coefficient (Wildman–Crippen LogP) is 3.66. The Hall–Kier alpha value is -1.88. The van der Waals surface area contributed by atoms with Crippen molar-refractivity contribution in [1.82, 2.24) is 4.98 Å². The minimum atomic E-state index is -4.35. The summed E-state index contributed by atoms with van der Waals surface area (Å²) in [6, 6.07) is 9.40. The zero-order chi connectivity index (χ0) is 14.6. The van der Waals surface area contributed by atoms with Crippen LogP contribution in [-0.2, 0) is 12.6 Å². The smallest absolute Gasteiger partial charge is 0.330 e. The second kappa shape index (κ2) is 6.05. The highest BCUT2D eigenvalue weighted by Gasteiger charge is 2.30. The van der Waals surface area contributed by atoms with Crippen molar-refractivity contribution in [3.63, 3.8) is 0 Å². The van der Waals surface area contributed by atoms with Crippen molar-refractivity contribution in [2.24, 2.45) is 5.73 Å². The summed E-state index contributed by atoms with van der Waals surface area (Å²) in [4.78, 5) is 3.99. The maximum atomic E-state index is 12.6. The molecule has 1 heterocycles. The number of alkyl halides is 3. The molecule has 20 heavy (non-hydrogen) atoms. The molecule has 2 N–H and O–H groups in total. The number of aromatic nitrogens is 1. The van der Waals surface area contributed by atoms with E-state index in [1.165, 1.54) is 6.20 Å². The fourth-order valence-corrected chi connectivity index (χ4v) is 1.91. The molecule has 0 saturated heterocycles. The Balaban J connectivity index is 2.23. The summed E-state index contributed by atoms with van der Waals surface area (Å²) in [5.41, 5.74) is 6.87. The minimum absolute atomic E-state index is 0.324. The normalized spacial score (nSPS) is 11.6. The number of nitrogens with two attached hydrogens (primary N) is 1. The average molecular weight is 280 g/mol. The van der Waals surface area contributed by atoms with Gasteiger partial charge in [-0.3, -0.25) is 4.98 Å². The van der Waals surface area contributed by atoms with Crippen LogP contribution in [0.4, 0.5) is 13.2 Å². The number of hydrogen-bond acceptors (Lipinski definition) is 2. The Kier molecular flexibility index (Phi) is 4.39. The summed E-state index contributed by atoms with van der Waals surface area (Å²) in [5.74, 6) is 0. The van der Waals surface area contributed by atoms with Gasteiger partial charge in [-0.15, -0.1) is 0 Å². The van der Waals surface area contributed by atoms with E-state index in [-0.39, 0.29) is 0 Å². The molecule has 0 aliphatic rings. The predicted molar refractivity (Wildman–Crippen MR) is 72.1 cm³/mol. The van der Waals surface area contributed by atoms with Crippen molar-refractivity contribution in [2.45, 2.75) is 19.0 Å². The first kappa shape index (κ1) is 14.5.